The first-order valence-corrected chi connectivity index (χ1v) is 6.27. The summed E-state index contributed by atoms with van der Waals surface area (Å²) in [6, 6.07) is 7.78. The van der Waals surface area contributed by atoms with Gasteiger partial charge in [-0.15, -0.1) is 0 Å². The Kier molecular flexibility index (Phi) is 3.89. The lowest BCUT2D eigenvalue weighted by Gasteiger charge is -2.11. The van der Waals surface area contributed by atoms with Gasteiger partial charge in [-0.3, -0.25) is 14.4 Å². The molecule has 0 bridgehead atoms. The minimum Gasteiger partial charge on any atom is -0.366 e. The topological polar surface area (TPSA) is 94.2 Å². The maximum Gasteiger partial charge on any atom is 0.255 e. The summed E-state index contributed by atoms with van der Waals surface area (Å²) < 4.78 is 1.36. The van der Waals surface area contributed by atoms with Gasteiger partial charge in [-0.25, -0.2) is 0 Å². The predicted molar refractivity (Wildman–Crippen MR) is 79.3 cm³/mol. The van der Waals surface area contributed by atoms with Crippen molar-refractivity contribution in [2.45, 2.75) is 6.92 Å². The standard InChI is InChI=1S/C15H15N3O3/c1-9-4-3-5-11(13(9)14(16)20)17-15(21)10-6-7-18(2)12(19)8-10/h3-8H,1-2H3,(H2,16,20)(H,17,21). The normalized spacial score (nSPS) is 10.2. The van der Waals surface area contributed by atoms with Crippen LogP contribution in [0.15, 0.2) is 41.3 Å². The summed E-state index contributed by atoms with van der Waals surface area (Å²) in [6.07, 6.45) is 1.50. The predicted octanol–water partition coefficient (Wildman–Crippen LogP) is 1.04. The lowest BCUT2D eigenvalue weighted by atomic mass is 10.1. The number of hydrogen-bond acceptors (Lipinski definition) is 3. The van der Waals surface area contributed by atoms with Crippen LogP contribution in [-0.2, 0) is 7.05 Å². The van der Waals surface area contributed by atoms with Gasteiger partial charge in [0.2, 0.25) is 0 Å². The number of carbonyl (C=O) groups is 2. The zero-order chi connectivity index (χ0) is 15.6. The second kappa shape index (κ2) is 5.62. The molecule has 1 heterocycles. The van der Waals surface area contributed by atoms with Gasteiger partial charge in [0.1, 0.15) is 0 Å². The molecule has 0 aliphatic rings. The van der Waals surface area contributed by atoms with E-state index in [1.54, 1.807) is 32.2 Å². The Morgan fingerprint density at radius 1 is 1.24 bits per heavy atom. The van der Waals surface area contributed by atoms with Gasteiger partial charge in [0, 0.05) is 24.9 Å². The van der Waals surface area contributed by atoms with E-state index in [2.05, 4.69) is 5.32 Å². The summed E-state index contributed by atoms with van der Waals surface area (Å²) in [7, 11) is 1.59. The van der Waals surface area contributed by atoms with Crippen molar-refractivity contribution in [1.29, 1.82) is 0 Å². The van der Waals surface area contributed by atoms with E-state index in [4.69, 9.17) is 5.73 Å². The van der Waals surface area contributed by atoms with Crippen molar-refractivity contribution in [1.82, 2.24) is 4.57 Å². The van der Waals surface area contributed by atoms with Crippen LogP contribution in [0.4, 0.5) is 5.69 Å². The first kappa shape index (κ1) is 14.5. The number of hydrogen-bond donors (Lipinski definition) is 2. The summed E-state index contributed by atoms with van der Waals surface area (Å²) in [6.45, 7) is 1.73. The van der Waals surface area contributed by atoms with Gasteiger partial charge >= 0.3 is 0 Å². The van der Waals surface area contributed by atoms with Crippen LogP contribution in [0.25, 0.3) is 0 Å². The van der Waals surface area contributed by atoms with Crippen LogP contribution in [0.5, 0.6) is 0 Å². The molecule has 6 heteroatoms. The van der Waals surface area contributed by atoms with Gasteiger partial charge in [-0.1, -0.05) is 12.1 Å². The first-order chi connectivity index (χ1) is 9.90. The molecule has 0 radical (unpaired) electrons. The van der Waals surface area contributed by atoms with Crippen LogP contribution in [0, 0.1) is 6.92 Å². The highest BCUT2D eigenvalue weighted by molar-refractivity contribution is 6.09. The summed E-state index contributed by atoms with van der Waals surface area (Å²) in [4.78, 5) is 35.2. The number of nitrogens with one attached hydrogen (secondary N) is 1. The molecule has 0 saturated heterocycles. The molecule has 2 rings (SSSR count). The number of nitrogens with two attached hydrogens (primary N) is 1. The molecule has 0 aliphatic carbocycles. The average molecular weight is 285 g/mol. The van der Waals surface area contributed by atoms with Crippen molar-refractivity contribution < 1.29 is 9.59 Å². The molecule has 0 spiro atoms. The van der Waals surface area contributed by atoms with E-state index in [0.29, 0.717) is 11.3 Å². The Morgan fingerprint density at radius 2 is 1.95 bits per heavy atom. The number of anilines is 1. The maximum atomic E-state index is 12.2. The van der Waals surface area contributed by atoms with E-state index in [0.717, 1.165) is 0 Å². The minimum atomic E-state index is -0.618. The number of carbonyl (C=O) groups excluding carboxylic acids is 2. The van der Waals surface area contributed by atoms with Crippen molar-refractivity contribution in [3.63, 3.8) is 0 Å². The van der Waals surface area contributed by atoms with Crippen LogP contribution < -0.4 is 16.6 Å². The zero-order valence-electron chi connectivity index (χ0n) is 11.7. The number of pyridine rings is 1. The molecular weight excluding hydrogens is 270 g/mol. The fraction of sp³-hybridized carbons (Fsp3) is 0.133. The molecule has 108 valence electrons. The molecule has 0 saturated carbocycles. The van der Waals surface area contributed by atoms with Gasteiger partial charge in [0.05, 0.1) is 11.3 Å². The average Bonchev–Trinajstić information content (AvgIpc) is 2.41. The molecule has 2 aromatic rings. The highest BCUT2D eigenvalue weighted by atomic mass is 16.2. The van der Waals surface area contributed by atoms with Crippen LogP contribution in [0.2, 0.25) is 0 Å². The molecule has 0 atom stereocenters. The summed E-state index contributed by atoms with van der Waals surface area (Å²) >= 11 is 0. The molecule has 1 aromatic carbocycles. The van der Waals surface area contributed by atoms with E-state index in [1.165, 1.54) is 22.9 Å². The third-order valence-corrected chi connectivity index (χ3v) is 3.13. The lowest BCUT2D eigenvalue weighted by Crippen LogP contribution is -2.22. The first-order valence-electron chi connectivity index (χ1n) is 6.27. The van der Waals surface area contributed by atoms with E-state index >= 15 is 0 Å². The Bertz CT molecular complexity index is 778. The van der Waals surface area contributed by atoms with Gasteiger partial charge in [-0.2, -0.15) is 0 Å². The van der Waals surface area contributed by atoms with Gasteiger partial charge < -0.3 is 15.6 Å². The molecule has 1 aromatic heterocycles. The van der Waals surface area contributed by atoms with E-state index in [9.17, 15) is 14.4 Å². The van der Waals surface area contributed by atoms with E-state index in [-0.39, 0.29) is 16.7 Å². The second-order valence-electron chi connectivity index (χ2n) is 4.68. The smallest absolute Gasteiger partial charge is 0.255 e. The van der Waals surface area contributed by atoms with E-state index < -0.39 is 11.8 Å². The van der Waals surface area contributed by atoms with Gasteiger partial charge in [-0.05, 0) is 24.6 Å². The van der Waals surface area contributed by atoms with Gasteiger partial charge in [0.25, 0.3) is 17.4 Å². The summed E-state index contributed by atoms with van der Waals surface area (Å²) in [5.74, 6) is -1.09. The fourth-order valence-electron chi connectivity index (χ4n) is 1.98. The molecule has 3 N–H and O–H groups in total. The molecule has 0 aliphatic heterocycles. The number of rotatable bonds is 3. The second-order valence-corrected chi connectivity index (χ2v) is 4.68. The summed E-state index contributed by atoms with van der Waals surface area (Å²) in [5.41, 5.74) is 6.51. The zero-order valence-corrected chi connectivity index (χ0v) is 11.7. The third kappa shape index (κ3) is 3.00. The Morgan fingerprint density at radius 3 is 2.57 bits per heavy atom. The number of benzene rings is 1. The Hall–Kier alpha value is -2.89. The number of aryl methyl sites for hydroxylation is 2. The van der Waals surface area contributed by atoms with Gasteiger partial charge in [0.15, 0.2) is 0 Å². The maximum absolute atomic E-state index is 12.2. The molecule has 21 heavy (non-hydrogen) atoms. The molecule has 2 amide bonds. The van der Waals surface area contributed by atoms with Crippen LogP contribution in [0.3, 0.4) is 0 Å². The third-order valence-electron chi connectivity index (χ3n) is 3.13. The lowest BCUT2D eigenvalue weighted by molar-refractivity contribution is 0.100. The molecule has 6 nitrogen and oxygen atoms in total. The van der Waals surface area contributed by atoms with Crippen molar-refractivity contribution in [2.75, 3.05) is 5.32 Å². The number of nitrogens with zero attached hydrogens (tertiary/aromatic N) is 1. The highest BCUT2D eigenvalue weighted by Crippen LogP contribution is 2.19. The Labute approximate surface area is 121 Å². The molecular formula is C15H15N3O3. The van der Waals surface area contributed by atoms with Crippen molar-refractivity contribution >= 4 is 17.5 Å². The molecule has 0 fully saturated rings. The number of aromatic nitrogens is 1. The largest absolute Gasteiger partial charge is 0.366 e. The van der Waals surface area contributed by atoms with Crippen LogP contribution >= 0.6 is 0 Å². The monoisotopic (exact) mass is 285 g/mol. The van der Waals surface area contributed by atoms with Crippen LogP contribution in [-0.4, -0.2) is 16.4 Å². The van der Waals surface area contributed by atoms with Crippen LogP contribution in [0.1, 0.15) is 26.3 Å². The SMILES string of the molecule is Cc1cccc(NC(=O)c2ccn(C)c(=O)c2)c1C(N)=O. The number of amides is 2. The van der Waals surface area contributed by atoms with E-state index in [1.807, 2.05) is 0 Å². The highest BCUT2D eigenvalue weighted by Gasteiger charge is 2.14. The number of primary amides is 1. The quantitative estimate of drug-likeness (QED) is 0.882. The minimum absolute atomic E-state index is 0.218. The van der Waals surface area contributed by atoms with Crippen molar-refractivity contribution in [3.05, 3.63) is 63.6 Å². The van der Waals surface area contributed by atoms with Crippen molar-refractivity contribution in [2.24, 2.45) is 12.8 Å². The fourth-order valence-corrected chi connectivity index (χ4v) is 1.98. The molecule has 0 unspecified atom stereocenters. The van der Waals surface area contributed by atoms with Crippen molar-refractivity contribution in [3.8, 4) is 0 Å². The summed E-state index contributed by atoms with van der Waals surface area (Å²) in [5, 5.41) is 2.61. The Balaban J connectivity index is 2.36.